The van der Waals surface area contributed by atoms with Gasteiger partial charge in [-0.25, -0.2) is 8.42 Å². The molecule has 2 rings (SSSR count). The number of hydrogen-bond donors (Lipinski definition) is 2. The van der Waals surface area contributed by atoms with Crippen molar-refractivity contribution in [2.75, 3.05) is 19.7 Å². The van der Waals surface area contributed by atoms with Crippen LogP contribution in [0.25, 0.3) is 0 Å². The molecule has 1 atom stereocenters. The minimum absolute atomic E-state index is 0.0288. The molecule has 0 bridgehead atoms. The highest BCUT2D eigenvalue weighted by Gasteiger charge is 2.42. The Bertz CT molecular complexity index is 679. The van der Waals surface area contributed by atoms with Gasteiger partial charge in [-0.15, -0.1) is 0 Å². The fourth-order valence-electron chi connectivity index (χ4n) is 2.18. The number of nitrogens with zero attached hydrogens (tertiary/aromatic N) is 1. The molecule has 0 radical (unpaired) electrons. The molecular formula is C12H13ClF3NO4S. The third-order valence-corrected chi connectivity index (χ3v) is 5.80. The summed E-state index contributed by atoms with van der Waals surface area (Å²) in [6.45, 7) is -1.01. The van der Waals surface area contributed by atoms with Crippen molar-refractivity contribution in [1.82, 2.24) is 4.31 Å². The minimum Gasteiger partial charge on any atom is -0.393 e. The molecule has 0 unspecified atom stereocenters. The lowest BCUT2D eigenvalue weighted by molar-refractivity contribution is -0.137. The summed E-state index contributed by atoms with van der Waals surface area (Å²) in [5, 5.41) is 18.4. The largest absolute Gasteiger partial charge is 0.416 e. The fourth-order valence-corrected chi connectivity index (χ4v) is 4.22. The van der Waals surface area contributed by atoms with Crippen molar-refractivity contribution in [1.29, 1.82) is 0 Å². The number of aliphatic hydroxyl groups is 2. The number of alkyl halides is 3. The first-order valence-corrected chi connectivity index (χ1v) is 8.01. The maximum Gasteiger partial charge on any atom is 0.416 e. The molecule has 1 aromatic carbocycles. The van der Waals surface area contributed by atoms with Gasteiger partial charge in [0.05, 0.1) is 17.2 Å². The van der Waals surface area contributed by atoms with Gasteiger partial charge in [-0.05, 0) is 24.6 Å². The Hall–Kier alpha value is -0.870. The fraction of sp³-hybridized carbons (Fsp3) is 0.500. The molecular weight excluding hydrogens is 347 g/mol. The van der Waals surface area contributed by atoms with Crippen molar-refractivity contribution in [2.24, 2.45) is 0 Å². The van der Waals surface area contributed by atoms with E-state index < -0.39 is 43.9 Å². The predicted octanol–water partition coefficient (Wildman–Crippen LogP) is 1.48. The SMILES string of the molecule is O=S(=O)(c1ccc(C(F)(F)F)cc1Cl)N1CC[C@@](O)(CO)C1. The zero-order valence-electron chi connectivity index (χ0n) is 11.1. The smallest absolute Gasteiger partial charge is 0.393 e. The predicted molar refractivity (Wildman–Crippen MR) is 71.9 cm³/mol. The van der Waals surface area contributed by atoms with Gasteiger partial charge in [0, 0.05) is 13.1 Å². The average molecular weight is 360 g/mol. The van der Waals surface area contributed by atoms with E-state index in [0.717, 1.165) is 10.4 Å². The van der Waals surface area contributed by atoms with Gasteiger partial charge in [0.2, 0.25) is 10.0 Å². The van der Waals surface area contributed by atoms with E-state index >= 15 is 0 Å². The van der Waals surface area contributed by atoms with Crippen LogP contribution in [0.2, 0.25) is 5.02 Å². The molecule has 0 aromatic heterocycles. The Labute approximate surface area is 130 Å². The van der Waals surface area contributed by atoms with Gasteiger partial charge in [0.25, 0.3) is 0 Å². The second-order valence-electron chi connectivity index (χ2n) is 5.11. The molecule has 124 valence electrons. The van der Waals surface area contributed by atoms with Crippen molar-refractivity contribution in [3.8, 4) is 0 Å². The Balaban J connectivity index is 2.35. The quantitative estimate of drug-likeness (QED) is 0.857. The lowest BCUT2D eigenvalue weighted by Crippen LogP contribution is -2.38. The first-order valence-electron chi connectivity index (χ1n) is 6.20. The van der Waals surface area contributed by atoms with Crippen LogP contribution in [-0.4, -0.2) is 48.2 Å². The van der Waals surface area contributed by atoms with Crippen LogP contribution >= 0.6 is 11.6 Å². The van der Waals surface area contributed by atoms with Crippen LogP contribution in [-0.2, 0) is 16.2 Å². The van der Waals surface area contributed by atoms with Gasteiger partial charge >= 0.3 is 6.18 Å². The van der Waals surface area contributed by atoms with Crippen molar-refractivity contribution in [2.45, 2.75) is 23.1 Å². The normalized spacial score (nSPS) is 23.9. The molecule has 0 amide bonds. The molecule has 1 aliphatic heterocycles. The molecule has 0 saturated carbocycles. The molecule has 10 heteroatoms. The molecule has 1 heterocycles. The van der Waals surface area contributed by atoms with E-state index in [4.69, 9.17) is 16.7 Å². The number of hydrogen-bond acceptors (Lipinski definition) is 4. The molecule has 0 spiro atoms. The summed E-state index contributed by atoms with van der Waals surface area (Å²) in [5.74, 6) is 0. The zero-order chi connectivity index (χ0) is 16.8. The summed E-state index contributed by atoms with van der Waals surface area (Å²) in [5.41, 5.74) is -2.60. The lowest BCUT2D eigenvalue weighted by atomic mass is 10.1. The van der Waals surface area contributed by atoms with E-state index in [0.29, 0.717) is 12.1 Å². The van der Waals surface area contributed by atoms with E-state index in [9.17, 15) is 26.7 Å². The Morgan fingerprint density at radius 1 is 1.36 bits per heavy atom. The van der Waals surface area contributed by atoms with E-state index in [-0.39, 0.29) is 19.5 Å². The number of β-amino-alcohol motifs (C(OH)–C–C–N with tert-alkyl or cyclic N) is 1. The minimum atomic E-state index is -4.63. The molecule has 5 nitrogen and oxygen atoms in total. The molecule has 1 saturated heterocycles. The van der Waals surface area contributed by atoms with Crippen LogP contribution in [0.4, 0.5) is 13.2 Å². The number of aliphatic hydroxyl groups excluding tert-OH is 1. The highest BCUT2D eigenvalue weighted by molar-refractivity contribution is 7.89. The second kappa shape index (κ2) is 5.64. The highest BCUT2D eigenvalue weighted by atomic mass is 35.5. The third kappa shape index (κ3) is 3.23. The van der Waals surface area contributed by atoms with Crippen molar-refractivity contribution >= 4 is 21.6 Å². The van der Waals surface area contributed by atoms with Gasteiger partial charge in [-0.2, -0.15) is 17.5 Å². The molecule has 1 aliphatic rings. The number of benzene rings is 1. The first-order chi connectivity index (χ1) is 9.99. The number of sulfonamides is 1. The number of rotatable bonds is 3. The van der Waals surface area contributed by atoms with Crippen LogP contribution in [0.15, 0.2) is 23.1 Å². The van der Waals surface area contributed by atoms with E-state index in [1.807, 2.05) is 0 Å². The van der Waals surface area contributed by atoms with Gasteiger partial charge in [0.1, 0.15) is 10.5 Å². The van der Waals surface area contributed by atoms with Crippen LogP contribution in [0.5, 0.6) is 0 Å². The van der Waals surface area contributed by atoms with Crippen LogP contribution in [0.1, 0.15) is 12.0 Å². The van der Waals surface area contributed by atoms with Crippen LogP contribution in [0.3, 0.4) is 0 Å². The van der Waals surface area contributed by atoms with Crippen LogP contribution in [0, 0.1) is 0 Å². The summed E-state index contributed by atoms with van der Waals surface area (Å²) < 4.78 is 63.4. The van der Waals surface area contributed by atoms with Gasteiger partial charge in [0.15, 0.2) is 0 Å². The maximum atomic E-state index is 12.6. The van der Waals surface area contributed by atoms with Crippen LogP contribution < -0.4 is 0 Å². The lowest BCUT2D eigenvalue weighted by Gasteiger charge is -2.21. The van der Waals surface area contributed by atoms with E-state index in [1.165, 1.54) is 0 Å². The highest BCUT2D eigenvalue weighted by Crippen LogP contribution is 2.35. The van der Waals surface area contributed by atoms with Crippen molar-refractivity contribution < 1.29 is 31.8 Å². The van der Waals surface area contributed by atoms with E-state index in [2.05, 4.69) is 0 Å². The molecule has 2 N–H and O–H groups in total. The summed E-state index contributed by atoms with van der Waals surface area (Å²) >= 11 is 5.69. The monoisotopic (exact) mass is 359 g/mol. The van der Waals surface area contributed by atoms with Crippen molar-refractivity contribution in [3.63, 3.8) is 0 Å². The standard InChI is InChI=1S/C12H13ClF3NO4S/c13-9-5-8(12(14,15)16)1-2-10(9)22(20,21)17-4-3-11(19,6-17)7-18/h1-2,5,18-19H,3-4,6-7H2/t11-/m0/s1. The van der Waals surface area contributed by atoms with E-state index in [1.54, 1.807) is 0 Å². The molecule has 0 aliphatic carbocycles. The molecule has 1 aromatic rings. The summed E-state index contributed by atoms with van der Waals surface area (Å²) in [6.07, 6.45) is -4.60. The summed E-state index contributed by atoms with van der Waals surface area (Å²) in [4.78, 5) is -0.468. The molecule has 22 heavy (non-hydrogen) atoms. The Morgan fingerprint density at radius 2 is 2.00 bits per heavy atom. The Morgan fingerprint density at radius 3 is 2.45 bits per heavy atom. The van der Waals surface area contributed by atoms with Crippen molar-refractivity contribution in [3.05, 3.63) is 28.8 Å². The van der Waals surface area contributed by atoms with Gasteiger partial charge < -0.3 is 10.2 Å². The second-order valence-corrected chi connectivity index (χ2v) is 7.43. The first kappa shape index (κ1) is 17.5. The topological polar surface area (TPSA) is 77.8 Å². The summed E-state index contributed by atoms with van der Waals surface area (Å²) in [6, 6.07) is 1.96. The Kier molecular flexibility index (Phi) is 4.48. The third-order valence-electron chi connectivity index (χ3n) is 3.47. The number of halogens is 4. The van der Waals surface area contributed by atoms with Gasteiger partial charge in [-0.3, -0.25) is 0 Å². The summed E-state index contributed by atoms with van der Waals surface area (Å²) in [7, 11) is -4.15. The average Bonchev–Trinajstić information content (AvgIpc) is 2.81. The van der Waals surface area contributed by atoms with Gasteiger partial charge in [-0.1, -0.05) is 11.6 Å². The maximum absolute atomic E-state index is 12.6. The zero-order valence-corrected chi connectivity index (χ0v) is 12.7. The molecule has 1 fully saturated rings.